The predicted octanol–water partition coefficient (Wildman–Crippen LogP) is 4.87. The zero-order chi connectivity index (χ0) is 39.9. The Morgan fingerprint density at radius 1 is 0.907 bits per heavy atom. The fourth-order valence-electron chi connectivity index (χ4n) is 9.44. The van der Waals surface area contributed by atoms with Crippen LogP contribution in [-0.2, 0) is 29.0 Å². The molecule has 0 radical (unpaired) electrons. The lowest BCUT2D eigenvalue weighted by molar-refractivity contribution is -0.146. The van der Waals surface area contributed by atoms with Crippen LogP contribution in [0.1, 0.15) is 131 Å². The van der Waals surface area contributed by atoms with Crippen molar-refractivity contribution in [2.75, 3.05) is 18.8 Å². The highest BCUT2D eigenvalue weighted by atomic mass is 32.2. The van der Waals surface area contributed by atoms with E-state index in [1.807, 2.05) is 6.92 Å². The molecule has 0 bridgehead atoms. The fraction of sp³-hybridized carbons (Fsp3) is 0.825. The second-order valence-corrected chi connectivity index (χ2v) is 21.7. The summed E-state index contributed by atoms with van der Waals surface area (Å²) in [7, 11) is -3.59. The first-order valence-electron chi connectivity index (χ1n) is 20.2. The van der Waals surface area contributed by atoms with Crippen LogP contribution in [-0.4, -0.2) is 90.1 Å². The fourth-order valence-corrected chi connectivity index (χ4v) is 11.0. The zero-order valence-electron chi connectivity index (χ0n) is 33.3. The summed E-state index contributed by atoms with van der Waals surface area (Å²) < 4.78 is 39.2. The average Bonchev–Trinajstić information content (AvgIpc) is 3.95. The first kappa shape index (κ1) is 42.1. The van der Waals surface area contributed by atoms with Crippen molar-refractivity contribution in [1.82, 2.24) is 26.2 Å². The average molecular weight is 778 g/mol. The van der Waals surface area contributed by atoms with Gasteiger partial charge in [0.2, 0.25) is 17.6 Å². The molecule has 0 aromatic rings. The summed E-state index contributed by atoms with van der Waals surface area (Å²) in [4.78, 5) is 71.0. The summed E-state index contributed by atoms with van der Waals surface area (Å²) in [6, 6.07) is -3.65. The van der Waals surface area contributed by atoms with Crippen LogP contribution in [0.25, 0.3) is 0 Å². The number of likely N-dealkylation sites (tertiary alicyclic amines) is 1. The number of hydrogen-bond donors (Lipinski definition) is 4. The van der Waals surface area contributed by atoms with Gasteiger partial charge in [-0.25, -0.2) is 17.6 Å². The van der Waals surface area contributed by atoms with Crippen molar-refractivity contribution in [3.05, 3.63) is 12.4 Å². The highest BCUT2D eigenvalue weighted by molar-refractivity contribution is 7.92. The number of rotatable bonds is 15. The lowest BCUT2D eigenvalue weighted by Crippen LogP contribution is -2.65. The molecule has 4 N–H and O–H groups in total. The van der Waals surface area contributed by atoms with Gasteiger partial charge in [0.05, 0.1) is 28.6 Å². The summed E-state index contributed by atoms with van der Waals surface area (Å²) in [6.45, 7) is 14.0. The van der Waals surface area contributed by atoms with Crippen molar-refractivity contribution in [3.63, 3.8) is 0 Å². The summed E-state index contributed by atoms with van der Waals surface area (Å²) >= 11 is 0. The molecular formula is C40H64FN5O7S. The van der Waals surface area contributed by atoms with Crippen LogP contribution in [0.3, 0.4) is 0 Å². The number of amides is 5. The lowest BCUT2D eigenvalue weighted by atomic mass is 9.70. The molecule has 12 nitrogen and oxygen atoms in total. The van der Waals surface area contributed by atoms with E-state index in [9.17, 15) is 36.8 Å². The maximum Gasteiger partial charge on any atom is 0.315 e. The van der Waals surface area contributed by atoms with Crippen molar-refractivity contribution in [2.45, 2.75) is 160 Å². The van der Waals surface area contributed by atoms with Gasteiger partial charge in [-0.1, -0.05) is 78.7 Å². The van der Waals surface area contributed by atoms with Crippen LogP contribution in [0, 0.1) is 28.6 Å². The number of nitrogens with one attached hydrogen (secondary N) is 4. The molecule has 54 heavy (non-hydrogen) atoms. The van der Waals surface area contributed by atoms with Crippen LogP contribution in [0.4, 0.5) is 9.18 Å². The van der Waals surface area contributed by atoms with Gasteiger partial charge >= 0.3 is 6.03 Å². The molecule has 304 valence electrons. The van der Waals surface area contributed by atoms with Crippen LogP contribution in [0.5, 0.6) is 0 Å². The molecule has 4 saturated carbocycles. The van der Waals surface area contributed by atoms with E-state index in [0.717, 1.165) is 51.4 Å². The molecule has 1 saturated heterocycles. The molecule has 4 aliphatic carbocycles. The van der Waals surface area contributed by atoms with Crippen LogP contribution in [0.15, 0.2) is 12.4 Å². The third kappa shape index (κ3) is 9.32. The van der Waals surface area contributed by atoms with Crippen molar-refractivity contribution in [2.24, 2.45) is 28.6 Å². The topological polar surface area (TPSA) is 171 Å². The SMILES string of the molecule is C=C(F)CNC(=O)C(=O)[C@H](CCC1CC1)NC(=O)[C@@H]1[C@@H]2[C@H](CN1C(=O)[C@@H](NC(=O)NC1(CS(=O)(=O)C(C)(C)C)CCCCC1)C1(C)CCCCC1)C2(C)C. The van der Waals surface area contributed by atoms with Gasteiger partial charge in [-0.15, -0.1) is 0 Å². The largest absolute Gasteiger partial charge is 0.344 e. The van der Waals surface area contributed by atoms with Gasteiger partial charge in [0, 0.05) is 6.54 Å². The Bertz CT molecular complexity index is 1590. The molecule has 0 unspecified atom stereocenters. The van der Waals surface area contributed by atoms with E-state index in [1.165, 1.54) is 0 Å². The molecule has 5 fully saturated rings. The lowest BCUT2D eigenvalue weighted by Gasteiger charge is -2.44. The number of ketones is 1. The van der Waals surface area contributed by atoms with Gasteiger partial charge in [-0.3, -0.25) is 19.2 Å². The Morgan fingerprint density at radius 2 is 1.50 bits per heavy atom. The van der Waals surface area contributed by atoms with E-state index in [2.05, 4.69) is 41.7 Å². The second kappa shape index (κ2) is 15.8. The van der Waals surface area contributed by atoms with Crippen LogP contribution in [0.2, 0.25) is 0 Å². The van der Waals surface area contributed by atoms with Gasteiger partial charge in [-0.2, -0.15) is 0 Å². The van der Waals surface area contributed by atoms with Gasteiger partial charge in [-0.05, 0) is 87.9 Å². The van der Waals surface area contributed by atoms with Gasteiger partial charge < -0.3 is 26.2 Å². The van der Waals surface area contributed by atoms with E-state index in [-0.39, 0.29) is 35.3 Å². The smallest absolute Gasteiger partial charge is 0.315 e. The highest BCUT2D eigenvalue weighted by Gasteiger charge is 2.70. The van der Waals surface area contributed by atoms with Crippen molar-refractivity contribution in [1.29, 1.82) is 0 Å². The van der Waals surface area contributed by atoms with Gasteiger partial charge in [0.15, 0.2) is 9.84 Å². The molecule has 1 heterocycles. The van der Waals surface area contributed by atoms with Crippen LogP contribution < -0.4 is 21.3 Å². The minimum Gasteiger partial charge on any atom is -0.344 e. The standard InChI is InChI=1S/C40H64FN5O7S/c1-25(41)22-42-34(49)31(47)28(17-16-26-14-15-26)43-33(48)30-29-27(38(29,5)6)23-46(30)35(50)32(39(7)18-10-8-11-19-39)44-36(51)45-40(20-12-9-13-21-40)24-54(52,53)37(2,3)4/h26-30,32H,1,8-24H2,2-7H3,(H,42,49)(H,43,48)(H2,44,45,51)/t27-,28-,29-,30-,32+/m0/s1. The van der Waals surface area contributed by atoms with Crippen LogP contribution >= 0.6 is 0 Å². The number of carbonyl (C=O) groups is 5. The summed E-state index contributed by atoms with van der Waals surface area (Å²) in [5.41, 5.74) is -1.83. The third-order valence-electron chi connectivity index (χ3n) is 13.4. The van der Waals surface area contributed by atoms with Gasteiger partial charge in [0.1, 0.15) is 17.9 Å². The van der Waals surface area contributed by atoms with Crippen molar-refractivity contribution >= 4 is 39.4 Å². The summed E-state index contributed by atoms with van der Waals surface area (Å²) in [5.74, 6) is -3.52. The Hall–Kier alpha value is -3.03. The van der Waals surface area contributed by atoms with E-state index in [1.54, 1.807) is 25.7 Å². The third-order valence-corrected chi connectivity index (χ3v) is 16.2. The maximum absolute atomic E-state index is 14.9. The zero-order valence-corrected chi connectivity index (χ0v) is 34.1. The molecule has 0 aromatic heterocycles. The Kier molecular flexibility index (Phi) is 12.4. The van der Waals surface area contributed by atoms with Crippen molar-refractivity contribution in [3.8, 4) is 0 Å². The quantitative estimate of drug-likeness (QED) is 0.172. The molecule has 1 aliphatic heterocycles. The van der Waals surface area contributed by atoms with E-state index in [0.29, 0.717) is 44.6 Å². The number of sulfone groups is 1. The molecule has 5 rings (SSSR count). The number of carbonyl (C=O) groups excluding carboxylic acids is 5. The molecule has 0 spiro atoms. The number of nitrogens with zero attached hydrogens (tertiary/aromatic N) is 1. The number of fused-ring (bicyclic) bond motifs is 1. The van der Waals surface area contributed by atoms with E-state index < -0.39 is 79.7 Å². The molecule has 5 atom stereocenters. The first-order valence-corrected chi connectivity index (χ1v) is 21.8. The molecular weight excluding hydrogens is 714 g/mol. The molecule has 5 aliphatic rings. The highest BCUT2D eigenvalue weighted by Crippen LogP contribution is 2.65. The number of urea groups is 1. The Balaban J connectivity index is 1.39. The van der Waals surface area contributed by atoms with E-state index >= 15 is 0 Å². The number of piperidine rings is 1. The summed E-state index contributed by atoms with van der Waals surface area (Å²) in [6.07, 6.45) is 10.6. The predicted molar refractivity (Wildman–Crippen MR) is 204 cm³/mol. The van der Waals surface area contributed by atoms with E-state index in [4.69, 9.17) is 0 Å². The Morgan fingerprint density at radius 3 is 2.06 bits per heavy atom. The first-order chi connectivity index (χ1) is 25.1. The number of halogens is 1. The number of hydrogen-bond acceptors (Lipinski definition) is 7. The minimum absolute atomic E-state index is 0.0263. The molecule has 0 aromatic carbocycles. The van der Waals surface area contributed by atoms with Crippen molar-refractivity contribution < 1.29 is 36.8 Å². The minimum atomic E-state index is -3.59. The second-order valence-electron chi connectivity index (χ2n) is 19.0. The Labute approximate surface area is 321 Å². The summed E-state index contributed by atoms with van der Waals surface area (Å²) in [5, 5.41) is 11.2. The monoisotopic (exact) mass is 777 g/mol. The number of Topliss-reactive ketones (excluding diaryl/α,β-unsaturated/α-hetero) is 1. The molecule has 5 amide bonds. The normalized spacial score (nSPS) is 26.7. The maximum atomic E-state index is 14.9. The molecule has 14 heteroatoms. The van der Waals surface area contributed by atoms with Gasteiger partial charge in [0.25, 0.3) is 5.91 Å².